The Bertz CT molecular complexity index is 665. The smallest absolute Gasteiger partial charge is 0.237 e. The fourth-order valence-corrected chi connectivity index (χ4v) is 3.05. The van der Waals surface area contributed by atoms with Gasteiger partial charge in [-0.15, -0.1) is 0 Å². The fourth-order valence-electron chi connectivity index (χ4n) is 3.05. The van der Waals surface area contributed by atoms with Gasteiger partial charge in [0.1, 0.15) is 0 Å². The molecule has 5 heteroatoms. The molecule has 110 valence electrons. The zero-order chi connectivity index (χ0) is 14.9. The van der Waals surface area contributed by atoms with E-state index >= 15 is 0 Å². The summed E-state index contributed by atoms with van der Waals surface area (Å²) in [4.78, 5) is 15.9. The molecule has 1 atom stereocenters. The molecule has 3 rings (SSSR count). The van der Waals surface area contributed by atoms with Gasteiger partial charge in [0, 0.05) is 7.05 Å². The third-order valence-corrected chi connectivity index (χ3v) is 4.27. The minimum Gasteiger partial charge on any atom is -0.359 e. The van der Waals surface area contributed by atoms with Crippen LogP contribution in [0.15, 0.2) is 28.8 Å². The molecule has 2 aromatic rings. The predicted molar refractivity (Wildman–Crippen MR) is 77.9 cm³/mol. The normalized spacial score (nSPS) is 20.9. The second kappa shape index (κ2) is 5.31. The number of hydrogen-bond donors (Lipinski definition) is 1. The first kappa shape index (κ1) is 13.8. The van der Waals surface area contributed by atoms with E-state index in [1.165, 1.54) is 11.1 Å². The van der Waals surface area contributed by atoms with Crippen molar-refractivity contribution in [2.75, 3.05) is 7.05 Å². The zero-order valence-electron chi connectivity index (χ0n) is 12.3. The van der Waals surface area contributed by atoms with E-state index in [0.29, 0.717) is 11.7 Å². The number of nitrogens with zero attached hydrogens (tertiary/aromatic N) is 2. The number of benzene rings is 1. The van der Waals surface area contributed by atoms with Crippen LogP contribution in [-0.2, 0) is 23.1 Å². The quantitative estimate of drug-likeness (QED) is 0.936. The molecule has 1 heterocycles. The highest BCUT2D eigenvalue weighted by Gasteiger charge is 2.38. The van der Waals surface area contributed by atoms with Crippen LogP contribution in [0.4, 0.5) is 0 Å². The Morgan fingerprint density at radius 1 is 1.43 bits per heavy atom. The molecule has 1 aliphatic carbocycles. The average Bonchev–Trinajstić information content (AvgIpc) is 2.97. The van der Waals surface area contributed by atoms with Crippen LogP contribution in [0.1, 0.15) is 42.6 Å². The van der Waals surface area contributed by atoms with Crippen molar-refractivity contribution in [3.05, 3.63) is 47.1 Å². The maximum Gasteiger partial charge on any atom is 0.237 e. The number of aromatic nitrogens is 2. The minimum atomic E-state index is -0.261. The Labute approximate surface area is 123 Å². The molecule has 1 N–H and O–H groups in total. The zero-order valence-corrected chi connectivity index (χ0v) is 12.3. The molecule has 0 spiro atoms. The Morgan fingerprint density at radius 2 is 2.24 bits per heavy atom. The lowest BCUT2D eigenvalue weighted by Crippen LogP contribution is -2.29. The third kappa shape index (κ3) is 2.44. The number of amides is 1. The fraction of sp³-hybridized carbons (Fsp3) is 0.438. The van der Waals surface area contributed by atoms with Crippen molar-refractivity contribution in [2.24, 2.45) is 0 Å². The molecule has 1 amide bonds. The number of rotatable bonds is 3. The standard InChI is InChI=1S/C16H19N3O2/c1-16(9-5-7-11-6-3-4-8-12(11)16)15-18-13(19-21-15)10-14(20)17-2/h3-4,6,8H,5,7,9-10H2,1-2H3,(H,17,20)/t16-/m1/s1. The molecule has 5 nitrogen and oxygen atoms in total. The van der Waals surface area contributed by atoms with Gasteiger partial charge in [-0.1, -0.05) is 29.4 Å². The van der Waals surface area contributed by atoms with Crippen molar-refractivity contribution in [3.63, 3.8) is 0 Å². The lowest BCUT2D eigenvalue weighted by Gasteiger charge is -2.32. The summed E-state index contributed by atoms with van der Waals surface area (Å²) >= 11 is 0. The SMILES string of the molecule is CNC(=O)Cc1noc([C@]2(C)CCCc3ccccc32)n1. The van der Waals surface area contributed by atoms with Crippen LogP contribution in [0, 0.1) is 0 Å². The molecule has 1 aromatic heterocycles. The van der Waals surface area contributed by atoms with E-state index in [1.807, 2.05) is 6.07 Å². The molecule has 0 unspecified atom stereocenters. The van der Waals surface area contributed by atoms with Crippen LogP contribution in [0.2, 0.25) is 0 Å². The Balaban J connectivity index is 1.95. The van der Waals surface area contributed by atoms with E-state index in [2.05, 4.69) is 40.6 Å². The summed E-state index contributed by atoms with van der Waals surface area (Å²) in [7, 11) is 1.60. The van der Waals surface area contributed by atoms with Gasteiger partial charge >= 0.3 is 0 Å². The summed E-state index contributed by atoms with van der Waals surface area (Å²) in [5, 5.41) is 6.52. The van der Waals surface area contributed by atoms with Crippen LogP contribution < -0.4 is 5.32 Å². The van der Waals surface area contributed by atoms with Gasteiger partial charge in [0.25, 0.3) is 0 Å². The lowest BCUT2D eigenvalue weighted by molar-refractivity contribution is -0.120. The summed E-state index contributed by atoms with van der Waals surface area (Å²) in [6.45, 7) is 2.14. The monoisotopic (exact) mass is 285 g/mol. The number of fused-ring (bicyclic) bond motifs is 1. The summed E-state index contributed by atoms with van der Waals surface area (Å²) in [6, 6.07) is 8.41. The van der Waals surface area contributed by atoms with Crippen molar-refractivity contribution in [3.8, 4) is 0 Å². The number of likely N-dealkylation sites (N-methyl/N-ethyl adjacent to an activating group) is 1. The molecular formula is C16H19N3O2. The number of carbonyl (C=O) groups is 1. The largest absolute Gasteiger partial charge is 0.359 e. The molecule has 0 aliphatic heterocycles. The van der Waals surface area contributed by atoms with Crippen molar-refractivity contribution in [2.45, 2.75) is 38.0 Å². The van der Waals surface area contributed by atoms with Crippen LogP contribution in [-0.4, -0.2) is 23.1 Å². The second-order valence-corrected chi connectivity index (χ2v) is 5.71. The average molecular weight is 285 g/mol. The molecule has 21 heavy (non-hydrogen) atoms. The third-order valence-electron chi connectivity index (χ3n) is 4.27. The molecule has 0 saturated carbocycles. The highest BCUT2D eigenvalue weighted by molar-refractivity contribution is 5.77. The van der Waals surface area contributed by atoms with E-state index in [9.17, 15) is 4.79 Å². The molecule has 0 bridgehead atoms. The summed E-state index contributed by atoms with van der Waals surface area (Å²) in [6.07, 6.45) is 3.31. The topological polar surface area (TPSA) is 68.0 Å². The first-order valence-electron chi connectivity index (χ1n) is 7.25. The van der Waals surface area contributed by atoms with Crippen LogP contribution in [0.25, 0.3) is 0 Å². The predicted octanol–water partition coefficient (Wildman–Crippen LogP) is 2.00. The molecule has 1 aliphatic rings. The number of aryl methyl sites for hydroxylation is 1. The van der Waals surface area contributed by atoms with Crippen LogP contribution in [0.5, 0.6) is 0 Å². The van der Waals surface area contributed by atoms with Crippen molar-refractivity contribution < 1.29 is 9.32 Å². The molecule has 1 aromatic carbocycles. The molecular weight excluding hydrogens is 266 g/mol. The Hall–Kier alpha value is -2.17. The first-order chi connectivity index (χ1) is 10.1. The first-order valence-corrected chi connectivity index (χ1v) is 7.25. The van der Waals surface area contributed by atoms with E-state index in [4.69, 9.17) is 4.52 Å². The van der Waals surface area contributed by atoms with Crippen molar-refractivity contribution in [1.82, 2.24) is 15.5 Å². The van der Waals surface area contributed by atoms with Crippen molar-refractivity contribution >= 4 is 5.91 Å². The summed E-state index contributed by atoms with van der Waals surface area (Å²) < 4.78 is 5.47. The second-order valence-electron chi connectivity index (χ2n) is 5.71. The van der Waals surface area contributed by atoms with Gasteiger partial charge in [0.15, 0.2) is 5.82 Å². The number of carbonyl (C=O) groups excluding carboxylic acids is 1. The maximum atomic E-state index is 11.4. The van der Waals surface area contributed by atoms with Gasteiger partial charge in [-0.05, 0) is 37.3 Å². The number of nitrogens with one attached hydrogen (secondary N) is 1. The Morgan fingerprint density at radius 3 is 3.05 bits per heavy atom. The Kier molecular flexibility index (Phi) is 3.49. The summed E-state index contributed by atoms with van der Waals surface area (Å²) in [5.74, 6) is 0.929. The van der Waals surface area contributed by atoms with Gasteiger partial charge in [-0.3, -0.25) is 4.79 Å². The van der Waals surface area contributed by atoms with E-state index in [-0.39, 0.29) is 17.7 Å². The van der Waals surface area contributed by atoms with Gasteiger partial charge in [-0.2, -0.15) is 4.98 Å². The van der Waals surface area contributed by atoms with Gasteiger partial charge in [0.05, 0.1) is 11.8 Å². The molecule has 0 saturated heterocycles. The molecule has 0 fully saturated rings. The van der Waals surface area contributed by atoms with Gasteiger partial charge in [-0.25, -0.2) is 0 Å². The lowest BCUT2D eigenvalue weighted by atomic mass is 9.71. The molecule has 0 radical (unpaired) electrons. The van der Waals surface area contributed by atoms with Gasteiger partial charge in [0.2, 0.25) is 11.8 Å². The van der Waals surface area contributed by atoms with Crippen molar-refractivity contribution in [1.29, 1.82) is 0 Å². The minimum absolute atomic E-state index is 0.114. The van der Waals surface area contributed by atoms with Gasteiger partial charge < -0.3 is 9.84 Å². The van der Waals surface area contributed by atoms with E-state index in [0.717, 1.165) is 19.3 Å². The highest BCUT2D eigenvalue weighted by atomic mass is 16.5. The van der Waals surface area contributed by atoms with E-state index < -0.39 is 0 Å². The van der Waals surface area contributed by atoms with Crippen LogP contribution in [0.3, 0.4) is 0 Å². The van der Waals surface area contributed by atoms with Crippen LogP contribution >= 0.6 is 0 Å². The number of hydrogen-bond acceptors (Lipinski definition) is 4. The van der Waals surface area contributed by atoms with E-state index in [1.54, 1.807) is 7.05 Å². The maximum absolute atomic E-state index is 11.4. The highest BCUT2D eigenvalue weighted by Crippen LogP contribution is 2.41. The summed E-state index contributed by atoms with van der Waals surface area (Å²) in [5.41, 5.74) is 2.34.